The Morgan fingerprint density at radius 3 is 2.36 bits per heavy atom. The Hall–Kier alpha value is -3.28. The highest BCUT2D eigenvalue weighted by Crippen LogP contribution is 2.28. The van der Waals surface area contributed by atoms with Crippen molar-refractivity contribution in [3.05, 3.63) is 59.2 Å². The number of ether oxygens (including phenoxy) is 2. The van der Waals surface area contributed by atoms with E-state index in [1.54, 1.807) is 37.4 Å². The summed E-state index contributed by atoms with van der Waals surface area (Å²) in [4.78, 5) is 24.9. The summed E-state index contributed by atoms with van der Waals surface area (Å²) in [5, 5.41) is 1.24. The van der Waals surface area contributed by atoms with Gasteiger partial charge in [-0.1, -0.05) is 17.7 Å². The number of benzene rings is 2. The minimum absolute atomic E-state index is 0.0344. The average molecular weight is 338 g/mol. The molecule has 0 radical (unpaired) electrons. The molecule has 0 aromatic heterocycles. The molecule has 2 amide bonds. The van der Waals surface area contributed by atoms with Gasteiger partial charge in [0, 0.05) is 5.56 Å². The van der Waals surface area contributed by atoms with Crippen LogP contribution in [-0.4, -0.2) is 26.0 Å². The van der Waals surface area contributed by atoms with Gasteiger partial charge in [0.15, 0.2) is 0 Å². The standard InChI is InChI=1S/C19H18N2O4/c1-12-4-6-14(7-5-12)21-19(23)16(18(22)20-21)11-13-10-15(24-2)8-9-17(13)25-3/h4-11H,1-3H3,(H,20,22)/b16-11+. The fraction of sp³-hybridized carbons (Fsp3) is 0.158. The highest BCUT2D eigenvalue weighted by Gasteiger charge is 2.34. The van der Waals surface area contributed by atoms with Gasteiger partial charge in [-0.15, -0.1) is 0 Å². The lowest BCUT2D eigenvalue weighted by Gasteiger charge is -2.14. The summed E-state index contributed by atoms with van der Waals surface area (Å²) in [6.45, 7) is 1.95. The third kappa shape index (κ3) is 3.19. The Morgan fingerprint density at radius 2 is 1.72 bits per heavy atom. The topological polar surface area (TPSA) is 67.9 Å². The third-order valence-electron chi connectivity index (χ3n) is 3.92. The van der Waals surface area contributed by atoms with Gasteiger partial charge in [0.25, 0.3) is 11.8 Å². The van der Waals surface area contributed by atoms with Crippen molar-refractivity contribution >= 4 is 23.6 Å². The SMILES string of the molecule is COc1ccc(OC)c(/C=C2\C(=O)NN(c3ccc(C)cc3)C2=O)c1. The van der Waals surface area contributed by atoms with E-state index in [0.29, 0.717) is 22.7 Å². The number of amides is 2. The summed E-state index contributed by atoms with van der Waals surface area (Å²) in [6, 6.07) is 12.5. The predicted molar refractivity (Wildman–Crippen MR) is 94.3 cm³/mol. The van der Waals surface area contributed by atoms with E-state index in [0.717, 1.165) is 5.56 Å². The smallest absolute Gasteiger partial charge is 0.282 e. The van der Waals surface area contributed by atoms with Crippen LogP contribution in [-0.2, 0) is 9.59 Å². The Morgan fingerprint density at radius 1 is 1.00 bits per heavy atom. The van der Waals surface area contributed by atoms with Gasteiger partial charge in [0.2, 0.25) is 0 Å². The van der Waals surface area contributed by atoms with Gasteiger partial charge in [-0.25, -0.2) is 5.01 Å². The van der Waals surface area contributed by atoms with Crippen LogP contribution < -0.4 is 19.9 Å². The molecule has 1 N–H and O–H groups in total. The molecule has 0 saturated carbocycles. The van der Waals surface area contributed by atoms with E-state index in [-0.39, 0.29) is 5.57 Å². The Labute approximate surface area is 145 Å². The van der Waals surface area contributed by atoms with Crippen LogP contribution in [0, 0.1) is 6.92 Å². The van der Waals surface area contributed by atoms with Crippen molar-refractivity contribution < 1.29 is 19.1 Å². The predicted octanol–water partition coefficient (Wildman–Crippen LogP) is 2.47. The summed E-state index contributed by atoms with van der Waals surface area (Å²) >= 11 is 0. The quantitative estimate of drug-likeness (QED) is 0.687. The maximum atomic E-state index is 12.7. The fourth-order valence-corrected chi connectivity index (χ4v) is 2.54. The number of rotatable bonds is 4. The van der Waals surface area contributed by atoms with Crippen LogP contribution in [0.1, 0.15) is 11.1 Å². The first kappa shape index (κ1) is 16.6. The molecule has 1 aliphatic heterocycles. The summed E-state index contributed by atoms with van der Waals surface area (Å²) in [6.07, 6.45) is 1.51. The number of carbonyl (C=O) groups is 2. The molecule has 3 rings (SSSR count). The molecule has 1 heterocycles. The minimum Gasteiger partial charge on any atom is -0.497 e. The van der Waals surface area contributed by atoms with Gasteiger partial charge in [-0.2, -0.15) is 0 Å². The van der Waals surface area contributed by atoms with Crippen LogP contribution in [0.25, 0.3) is 6.08 Å². The van der Waals surface area contributed by atoms with Crippen LogP contribution in [0.15, 0.2) is 48.0 Å². The van der Waals surface area contributed by atoms with Crippen molar-refractivity contribution in [2.45, 2.75) is 6.92 Å². The van der Waals surface area contributed by atoms with Gasteiger partial charge in [0.05, 0.1) is 19.9 Å². The molecule has 1 aliphatic rings. The molecule has 0 spiro atoms. The van der Waals surface area contributed by atoms with Gasteiger partial charge in [0.1, 0.15) is 17.1 Å². The zero-order valence-corrected chi connectivity index (χ0v) is 14.2. The van der Waals surface area contributed by atoms with Crippen LogP contribution >= 0.6 is 0 Å². The maximum Gasteiger partial charge on any atom is 0.282 e. The summed E-state index contributed by atoms with van der Waals surface area (Å²) in [7, 11) is 3.07. The van der Waals surface area contributed by atoms with E-state index in [9.17, 15) is 9.59 Å². The van der Waals surface area contributed by atoms with Crippen LogP contribution in [0.2, 0.25) is 0 Å². The van der Waals surface area contributed by atoms with Gasteiger partial charge in [-0.05, 0) is 43.3 Å². The van der Waals surface area contributed by atoms with E-state index in [1.807, 2.05) is 19.1 Å². The number of anilines is 1. The molecule has 6 nitrogen and oxygen atoms in total. The second-order valence-corrected chi connectivity index (χ2v) is 5.58. The van der Waals surface area contributed by atoms with Crippen molar-refractivity contribution in [1.29, 1.82) is 0 Å². The number of hydrogen-bond donors (Lipinski definition) is 1. The average Bonchev–Trinajstić information content (AvgIpc) is 2.90. The maximum absolute atomic E-state index is 12.7. The van der Waals surface area contributed by atoms with Gasteiger partial charge < -0.3 is 9.47 Å². The van der Waals surface area contributed by atoms with Crippen LogP contribution in [0.4, 0.5) is 5.69 Å². The molecule has 0 atom stereocenters. The Bertz CT molecular complexity index is 856. The zero-order chi connectivity index (χ0) is 18.0. The Balaban J connectivity index is 1.97. The van der Waals surface area contributed by atoms with Crippen molar-refractivity contribution in [3.63, 3.8) is 0 Å². The first-order valence-corrected chi connectivity index (χ1v) is 7.69. The first-order valence-electron chi connectivity index (χ1n) is 7.69. The molecule has 128 valence electrons. The highest BCUT2D eigenvalue weighted by atomic mass is 16.5. The van der Waals surface area contributed by atoms with Crippen molar-refractivity contribution in [3.8, 4) is 11.5 Å². The number of methoxy groups -OCH3 is 2. The second-order valence-electron chi connectivity index (χ2n) is 5.58. The van der Waals surface area contributed by atoms with Crippen molar-refractivity contribution in [2.75, 3.05) is 19.2 Å². The molecule has 0 aliphatic carbocycles. The summed E-state index contributed by atoms with van der Waals surface area (Å²) < 4.78 is 10.5. The van der Waals surface area contributed by atoms with E-state index in [4.69, 9.17) is 9.47 Å². The number of hydrazine groups is 1. The molecule has 0 unspecified atom stereocenters. The molecule has 2 aromatic rings. The molecular weight excluding hydrogens is 320 g/mol. The van der Waals surface area contributed by atoms with Gasteiger partial charge >= 0.3 is 0 Å². The molecular formula is C19H18N2O4. The first-order chi connectivity index (χ1) is 12.0. The fourth-order valence-electron chi connectivity index (χ4n) is 2.54. The minimum atomic E-state index is -0.463. The lowest BCUT2D eigenvalue weighted by Crippen LogP contribution is -2.35. The zero-order valence-electron chi connectivity index (χ0n) is 14.2. The third-order valence-corrected chi connectivity index (χ3v) is 3.92. The normalized spacial score (nSPS) is 15.5. The van der Waals surface area contributed by atoms with E-state index >= 15 is 0 Å². The monoisotopic (exact) mass is 338 g/mol. The molecule has 1 fully saturated rings. The lowest BCUT2D eigenvalue weighted by molar-refractivity contribution is -0.117. The van der Waals surface area contributed by atoms with Crippen LogP contribution in [0.3, 0.4) is 0 Å². The summed E-state index contributed by atoms with van der Waals surface area (Å²) in [5.41, 5.74) is 4.87. The number of nitrogens with one attached hydrogen (secondary N) is 1. The van der Waals surface area contributed by atoms with E-state index in [1.165, 1.54) is 18.2 Å². The summed E-state index contributed by atoms with van der Waals surface area (Å²) in [5.74, 6) is 0.269. The molecule has 2 aromatic carbocycles. The molecule has 0 bridgehead atoms. The van der Waals surface area contributed by atoms with Crippen molar-refractivity contribution in [1.82, 2.24) is 5.43 Å². The molecule has 1 saturated heterocycles. The Kier molecular flexibility index (Phi) is 4.43. The van der Waals surface area contributed by atoms with Crippen molar-refractivity contribution in [2.24, 2.45) is 0 Å². The largest absolute Gasteiger partial charge is 0.497 e. The van der Waals surface area contributed by atoms with E-state index in [2.05, 4.69) is 5.43 Å². The number of nitrogens with zero attached hydrogens (tertiary/aromatic N) is 1. The number of hydrogen-bond acceptors (Lipinski definition) is 4. The number of aryl methyl sites for hydroxylation is 1. The molecule has 6 heteroatoms. The second kappa shape index (κ2) is 6.68. The number of carbonyl (C=O) groups excluding carboxylic acids is 2. The highest BCUT2D eigenvalue weighted by molar-refractivity contribution is 6.31. The molecule has 25 heavy (non-hydrogen) atoms. The van der Waals surface area contributed by atoms with Crippen LogP contribution in [0.5, 0.6) is 11.5 Å². The van der Waals surface area contributed by atoms with E-state index < -0.39 is 11.8 Å². The van der Waals surface area contributed by atoms with Gasteiger partial charge in [-0.3, -0.25) is 15.0 Å². The lowest BCUT2D eigenvalue weighted by atomic mass is 10.1.